The van der Waals surface area contributed by atoms with Crippen LogP contribution >= 0.6 is 0 Å². The van der Waals surface area contributed by atoms with E-state index in [9.17, 15) is 27.6 Å². The van der Waals surface area contributed by atoms with Crippen LogP contribution in [0.3, 0.4) is 0 Å². The van der Waals surface area contributed by atoms with E-state index in [1.54, 1.807) is 24.3 Å². The van der Waals surface area contributed by atoms with E-state index in [2.05, 4.69) is 10.6 Å². The summed E-state index contributed by atoms with van der Waals surface area (Å²) in [6, 6.07) is 10.7. The molecule has 0 radical (unpaired) electrons. The molecule has 1 atom stereocenters. The van der Waals surface area contributed by atoms with E-state index >= 15 is 0 Å². The number of nitrogens with one attached hydrogen (secondary N) is 2. The summed E-state index contributed by atoms with van der Waals surface area (Å²) in [4.78, 5) is 35.0. The van der Waals surface area contributed by atoms with Crippen LogP contribution in [0.25, 0.3) is 6.08 Å². The minimum Gasteiger partial charge on any atom is -0.449 e. The summed E-state index contributed by atoms with van der Waals surface area (Å²) in [5.41, 5.74) is 0.310. The molecule has 0 aliphatic heterocycles. The van der Waals surface area contributed by atoms with Gasteiger partial charge in [-0.25, -0.2) is 4.79 Å². The topological polar surface area (TPSA) is 84.5 Å². The first-order chi connectivity index (χ1) is 14.0. The number of amides is 2. The van der Waals surface area contributed by atoms with Crippen molar-refractivity contribution in [3.05, 3.63) is 65.7 Å². The van der Waals surface area contributed by atoms with Gasteiger partial charge in [-0.3, -0.25) is 9.59 Å². The SMILES string of the molecule is CC(=O)Nc1ccc(NC(=O)[C@H](C)OC(=O)/C=C/c2cccc(C(F)(F)F)c2)cc1. The number of benzene rings is 2. The lowest BCUT2D eigenvalue weighted by Gasteiger charge is -2.13. The van der Waals surface area contributed by atoms with Crippen molar-refractivity contribution in [3.8, 4) is 0 Å². The molecular formula is C21H19F3N2O4. The number of rotatable bonds is 6. The lowest BCUT2D eigenvalue weighted by atomic mass is 10.1. The zero-order valence-electron chi connectivity index (χ0n) is 16.1. The Morgan fingerprint density at radius 2 is 1.60 bits per heavy atom. The maximum Gasteiger partial charge on any atom is 0.416 e. The minimum absolute atomic E-state index is 0.165. The van der Waals surface area contributed by atoms with Gasteiger partial charge >= 0.3 is 12.1 Å². The number of anilines is 2. The summed E-state index contributed by atoms with van der Waals surface area (Å²) in [5.74, 6) is -1.70. The second-order valence-electron chi connectivity index (χ2n) is 6.28. The van der Waals surface area contributed by atoms with Gasteiger partial charge in [0.25, 0.3) is 5.91 Å². The normalized spacial score (nSPS) is 12.3. The third kappa shape index (κ3) is 7.08. The van der Waals surface area contributed by atoms with Crippen molar-refractivity contribution in [3.63, 3.8) is 0 Å². The third-order valence-electron chi connectivity index (χ3n) is 3.76. The molecule has 6 nitrogen and oxygen atoms in total. The molecule has 2 aromatic carbocycles. The van der Waals surface area contributed by atoms with Crippen LogP contribution in [0.1, 0.15) is 25.0 Å². The van der Waals surface area contributed by atoms with Crippen molar-refractivity contribution >= 4 is 35.2 Å². The van der Waals surface area contributed by atoms with E-state index < -0.39 is 29.7 Å². The van der Waals surface area contributed by atoms with Gasteiger partial charge < -0.3 is 15.4 Å². The van der Waals surface area contributed by atoms with Crippen LogP contribution in [-0.4, -0.2) is 23.9 Å². The molecule has 0 aliphatic carbocycles. The first-order valence-electron chi connectivity index (χ1n) is 8.79. The average molecular weight is 420 g/mol. The van der Waals surface area contributed by atoms with Gasteiger partial charge in [0.15, 0.2) is 6.10 Å². The Labute approximate surface area is 170 Å². The standard InChI is InChI=1S/C21H19F3N2O4/c1-13(20(29)26-18-9-7-17(8-10-18)25-14(2)27)30-19(28)11-6-15-4-3-5-16(12-15)21(22,23)24/h3-13H,1-2H3,(H,25,27)(H,26,29)/b11-6+/t13-/m0/s1. The molecule has 0 spiro atoms. The molecule has 2 N–H and O–H groups in total. The summed E-state index contributed by atoms with van der Waals surface area (Å²) in [7, 11) is 0. The molecule has 0 aromatic heterocycles. The Bertz CT molecular complexity index is 953. The summed E-state index contributed by atoms with van der Waals surface area (Å²) in [5, 5.41) is 5.13. The third-order valence-corrected chi connectivity index (χ3v) is 3.76. The summed E-state index contributed by atoms with van der Waals surface area (Å²) in [6.45, 7) is 2.73. The zero-order chi connectivity index (χ0) is 22.3. The number of alkyl halides is 3. The van der Waals surface area contributed by atoms with Gasteiger partial charge in [-0.15, -0.1) is 0 Å². The second-order valence-corrected chi connectivity index (χ2v) is 6.28. The fraction of sp³-hybridized carbons (Fsp3) is 0.190. The maximum absolute atomic E-state index is 12.7. The van der Waals surface area contributed by atoms with E-state index in [1.165, 1.54) is 32.1 Å². The number of hydrogen-bond acceptors (Lipinski definition) is 4. The molecule has 158 valence electrons. The number of ether oxygens (including phenoxy) is 1. The molecule has 2 rings (SSSR count). The molecule has 0 bridgehead atoms. The van der Waals surface area contributed by atoms with Gasteiger partial charge in [0.1, 0.15) is 0 Å². The molecular weight excluding hydrogens is 401 g/mol. The Hall–Kier alpha value is -3.62. The molecule has 9 heteroatoms. The Morgan fingerprint density at radius 1 is 1.00 bits per heavy atom. The van der Waals surface area contributed by atoms with Gasteiger partial charge in [0.05, 0.1) is 5.56 Å². The van der Waals surface area contributed by atoms with E-state index in [-0.39, 0.29) is 11.5 Å². The lowest BCUT2D eigenvalue weighted by Crippen LogP contribution is -2.29. The van der Waals surface area contributed by atoms with Crippen molar-refractivity contribution in [2.45, 2.75) is 26.1 Å². The Morgan fingerprint density at radius 3 is 2.17 bits per heavy atom. The molecule has 2 amide bonds. The number of carbonyl (C=O) groups excluding carboxylic acids is 3. The lowest BCUT2D eigenvalue weighted by molar-refractivity contribution is -0.148. The predicted molar refractivity (Wildman–Crippen MR) is 105 cm³/mol. The fourth-order valence-electron chi connectivity index (χ4n) is 2.33. The summed E-state index contributed by atoms with van der Waals surface area (Å²) in [6.07, 6.45) is -3.51. The largest absolute Gasteiger partial charge is 0.449 e. The van der Waals surface area contributed by atoms with Gasteiger partial charge in [0, 0.05) is 24.4 Å². The van der Waals surface area contributed by atoms with Crippen LogP contribution in [-0.2, 0) is 25.3 Å². The van der Waals surface area contributed by atoms with Gasteiger partial charge in [-0.1, -0.05) is 12.1 Å². The second kappa shape index (κ2) is 9.73. The Balaban J connectivity index is 1.91. The highest BCUT2D eigenvalue weighted by molar-refractivity contribution is 5.97. The van der Waals surface area contributed by atoms with Gasteiger partial charge in [0.2, 0.25) is 5.91 Å². The first-order valence-corrected chi connectivity index (χ1v) is 8.79. The first kappa shape index (κ1) is 22.7. The van der Waals surface area contributed by atoms with Crippen molar-refractivity contribution in [2.75, 3.05) is 10.6 Å². The number of hydrogen-bond donors (Lipinski definition) is 2. The highest BCUT2D eigenvalue weighted by Gasteiger charge is 2.30. The molecule has 0 unspecified atom stereocenters. The smallest absolute Gasteiger partial charge is 0.416 e. The number of halogens is 3. The van der Waals surface area contributed by atoms with Crippen LogP contribution in [0.4, 0.5) is 24.5 Å². The molecule has 0 saturated carbocycles. The van der Waals surface area contributed by atoms with Crippen molar-refractivity contribution in [2.24, 2.45) is 0 Å². The molecule has 0 saturated heterocycles. The minimum atomic E-state index is -4.49. The predicted octanol–water partition coefficient (Wildman–Crippen LogP) is 4.25. The van der Waals surface area contributed by atoms with E-state index in [4.69, 9.17) is 4.74 Å². The van der Waals surface area contributed by atoms with Crippen molar-refractivity contribution in [1.82, 2.24) is 0 Å². The zero-order valence-corrected chi connectivity index (χ0v) is 16.1. The molecule has 2 aromatic rings. The van der Waals surface area contributed by atoms with Crippen molar-refractivity contribution in [1.29, 1.82) is 0 Å². The fourth-order valence-corrected chi connectivity index (χ4v) is 2.33. The van der Waals surface area contributed by atoms with E-state index in [0.29, 0.717) is 11.4 Å². The number of esters is 1. The van der Waals surface area contributed by atoms with Crippen LogP contribution in [0.15, 0.2) is 54.6 Å². The Kier molecular flexibility index (Phi) is 7.35. The number of carbonyl (C=O) groups is 3. The van der Waals surface area contributed by atoms with Gasteiger partial charge in [-0.2, -0.15) is 13.2 Å². The molecule has 30 heavy (non-hydrogen) atoms. The molecule has 0 fully saturated rings. The monoisotopic (exact) mass is 420 g/mol. The van der Waals surface area contributed by atoms with E-state index in [0.717, 1.165) is 18.2 Å². The average Bonchev–Trinajstić information content (AvgIpc) is 2.67. The van der Waals surface area contributed by atoms with Crippen LogP contribution in [0.5, 0.6) is 0 Å². The molecule has 0 aliphatic rings. The molecule has 0 heterocycles. The quantitative estimate of drug-likeness (QED) is 0.541. The van der Waals surface area contributed by atoms with Crippen molar-refractivity contribution < 1.29 is 32.3 Å². The highest BCUT2D eigenvalue weighted by atomic mass is 19.4. The summed E-state index contributed by atoms with van der Waals surface area (Å²) < 4.78 is 43.1. The van der Waals surface area contributed by atoms with Crippen LogP contribution < -0.4 is 10.6 Å². The highest BCUT2D eigenvalue weighted by Crippen LogP contribution is 2.29. The van der Waals surface area contributed by atoms with E-state index in [1.807, 2.05) is 0 Å². The van der Waals surface area contributed by atoms with Crippen LogP contribution in [0, 0.1) is 0 Å². The van der Waals surface area contributed by atoms with Gasteiger partial charge in [-0.05, 0) is 55.0 Å². The maximum atomic E-state index is 12.7. The van der Waals surface area contributed by atoms with Crippen LogP contribution in [0.2, 0.25) is 0 Å². The summed E-state index contributed by atoms with van der Waals surface area (Å²) >= 11 is 0.